The zero-order valence-corrected chi connectivity index (χ0v) is 15.8. The molecule has 0 amide bonds. The Morgan fingerprint density at radius 3 is 2.55 bits per heavy atom. The number of aliphatic carboxylic acids is 1. The lowest BCUT2D eigenvalue weighted by Crippen LogP contribution is -2.07. The van der Waals surface area contributed by atoms with Crippen LogP contribution in [0.1, 0.15) is 11.1 Å². The topological polar surface area (TPSA) is 73.1 Å². The van der Waals surface area contributed by atoms with E-state index in [1.54, 1.807) is 41.3 Å². The number of fused-ring (bicyclic) bond motifs is 1. The van der Waals surface area contributed by atoms with Crippen LogP contribution in [0.15, 0.2) is 73.3 Å². The molecule has 9 heteroatoms. The Bertz CT molecular complexity index is 1250. The van der Waals surface area contributed by atoms with Crippen LogP contribution in [0.25, 0.3) is 5.52 Å². The van der Waals surface area contributed by atoms with E-state index < -0.39 is 23.5 Å². The van der Waals surface area contributed by atoms with Gasteiger partial charge in [0, 0.05) is 0 Å². The molecule has 0 spiro atoms. The van der Waals surface area contributed by atoms with Gasteiger partial charge in [0.1, 0.15) is 28.6 Å². The fourth-order valence-electron chi connectivity index (χ4n) is 3.00. The first-order valence-corrected chi connectivity index (χ1v) is 9.07. The van der Waals surface area contributed by atoms with Crippen LogP contribution in [0, 0.1) is 0 Å². The van der Waals surface area contributed by atoms with Gasteiger partial charge in [-0.25, -0.2) is 4.98 Å². The number of alkyl halides is 3. The maximum absolute atomic E-state index is 13.7. The molecule has 0 aliphatic rings. The molecule has 4 aromatic rings. The number of halogens is 3. The van der Waals surface area contributed by atoms with Gasteiger partial charge in [-0.1, -0.05) is 12.1 Å². The summed E-state index contributed by atoms with van der Waals surface area (Å²) in [7, 11) is 0. The third kappa shape index (κ3) is 4.77. The fraction of sp³-hybridized carbons (Fsp3) is 0.0909. The van der Waals surface area contributed by atoms with Crippen LogP contribution in [0.5, 0.6) is 23.0 Å². The lowest BCUT2D eigenvalue weighted by molar-refractivity contribution is -0.138. The number of ether oxygens (including phenoxy) is 2. The van der Waals surface area contributed by atoms with Gasteiger partial charge in [-0.05, 0) is 48.0 Å². The van der Waals surface area contributed by atoms with Crippen LogP contribution in [-0.2, 0) is 17.4 Å². The Hall–Kier alpha value is -4.01. The van der Waals surface area contributed by atoms with E-state index in [4.69, 9.17) is 14.6 Å². The molecule has 0 radical (unpaired) electrons. The Balaban J connectivity index is 1.62. The molecule has 2 aromatic carbocycles. The highest BCUT2D eigenvalue weighted by Gasteiger charge is 2.35. The van der Waals surface area contributed by atoms with Crippen molar-refractivity contribution >= 4 is 11.5 Å². The number of nitrogens with zero attached hydrogens (tertiary/aromatic N) is 2. The van der Waals surface area contributed by atoms with Crippen LogP contribution < -0.4 is 9.47 Å². The Morgan fingerprint density at radius 2 is 1.77 bits per heavy atom. The molecule has 158 valence electrons. The number of carboxylic acids is 1. The maximum atomic E-state index is 13.7. The predicted octanol–water partition coefficient (Wildman–Crippen LogP) is 5.56. The van der Waals surface area contributed by atoms with Crippen molar-refractivity contribution in [3.63, 3.8) is 0 Å². The van der Waals surface area contributed by atoms with E-state index in [0.717, 1.165) is 17.6 Å². The first-order chi connectivity index (χ1) is 14.8. The zero-order valence-electron chi connectivity index (χ0n) is 15.8. The molecule has 0 bridgehead atoms. The predicted molar refractivity (Wildman–Crippen MR) is 105 cm³/mol. The fourth-order valence-corrected chi connectivity index (χ4v) is 3.00. The monoisotopic (exact) mass is 428 g/mol. The van der Waals surface area contributed by atoms with Crippen LogP contribution in [-0.4, -0.2) is 20.5 Å². The number of hydrogen-bond acceptors (Lipinski definition) is 4. The van der Waals surface area contributed by atoms with Crippen molar-refractivity contribution in [2.24, 2.45) is 0 Å². The van der Waals surface area contributed by atoms with Crippen molar-refractivity contribution in [2.45, 2.75) is 12.6 Å². The van der Waals surface area contributed by atoms with Gasteiger partial charge in [-0.3, -0.25) is 4.79 Å². The summed E-state index contributed by atoms with van der Waals surface area (Å²) < 4.78 is 53.7. The molecule has 2 heterocycles. The second kappa shape index (κ2) is 8.02. The summed E-state index contributed by atoms with van der Waals surface area (Å²) in [6, 6.07) is 12.7. The molecule has 31 heavy (non-hydrogen) atoms. The summed E-state index contributed by atoms with van der Waals surface area (Å²) in [6.45, 7) is 0. The highest BCUT2D eigenvalue weighted by molar-refractivity contribution is 5.70. The molecule has 0 unspecified atom stereocenters. The first-order valence-electron chi connectivity index (χ1n) is 9.07. The quantitative estimate of drug-likeness (QED) is 0.435. The minimum Gasteiger partial charge on any atom is -0.481 e. The SMILES string of the molecule is O=C(O)Cc1cccc(Oc2ccc(Oc3ccc4cncn4c3)cc2C(F)(F)F)c1. The summed E-state index contributed by atoms with van der Waals surface area (Å²) in [4.78, 5) is 14.8. The van der Waals surface area contributed by atoms with Gasteiger partial charge in [0.25, 0.3) is 0 Å². The van der Waals surface area contributed by atoms with E-state index in [1.807, 2.05) is 0 Å². The number of benzene rings is 2. The Kier molecular flexibility index (Phi) is 5.24. The highest BCUT2D eigenvalue weighted by atomic mass is 19.4. The summed E-state index contributed by atoms with van der Waals surface area (Å²) in [5, 5.41) is 8.89. The van der Waals surface area contributed by atoms with E-state index in [-0.39, 0.29) is 17.9 Å². The molecule has 0 aliphatic carbocycles. The average molecular weight is 428 g/mol. The standard InChI is InChI=1S/C22H15F3N2O4/c23-22(24,25)19-10-17(30-18-5-4-15-11-26-13-27(15)12-18)6-7-20(19)31-16-3-1-2-14(8-16)9-21(28)29/h1-8,10-13H,9H2,(H,28,29). The largest absolute Gasteiger partial charge is 0.481 e. The molecule has 1 N–H and O–H groups in total. The van der Waals surface area contributed by atoms with Gasteiger partial charge in [-0.2, -0.15) is 13.2 Å². The molecule has 2 aromatic heterocycles. The molecular weight excluding hydrogens is 413 g/mol. The highest BCUT2D eigenvalue weighted by Crippen LogP contribution is 2.41. The van der Waals surface area contributed by atoms with Crippen LogP contribution in [0.4, 0.5) is 13.2 Å². The number of carbonyl (C=O) groups is 1. The van der Waals surface area contributed by atoms with Gasteiger partial charge < -0.3 is 19.0 Å². The van der Waals surface area contributed by atoms with Crippen LogP contribution >= 0.6 is 0 Å². The van der Waals surface area contributed by atoms with Gasteiger partial charge in [-0.15, -0.1) is 0 Å². The minimum absolute atomic E-state index is 0.0150. The number of carboxylic acid groups (broad SMARTS) is 1. The number of imidazole rings is 1. The molecule has 4 rings (SSSR count). The number of hydrogen-bond donors (Lipinski definition) is 1. The van der Waals surface area contributed by atoms with E-state index in [2.05, 4.69) is 4.98 Å². The average Bonchev–Trinajstić information content (AvgIpc) is 3.16. The molecule has 0 aliphatic heterocycles. The van der Waals surface area contributed by atoms with Crippen LogP contribution in [0.2, 0.25) is 0 Å². The molecule has 0 saturated heterocycles. The number of rotatable bonds is 6. The van der Waals surface area contributed by atoms with E-state index in [1.165, 1.54) is 24.3 Å². The normalized spacial score (nSPS) is 11.5. The Labute approximate surface area is 174 Å². The Morgan fingerprint density at radius 1 is 1.00 bits per heavy atom. The summed E-state index contributed by atoms with van der Waals surface area (Å²) >= 11 is 0. The summed E-state index contributed by atoms with van der Waals surface area (Å²) in [5.74, 6) is -1.04. The van der Waals surface area contributed by atoms with Crippen molar-refractivity contribution in [2.75, 3.05) is 0 Å². The second-order valence-corrected chi connectivity index (χ2v) is 6.67. The second-order valence-electron chi connectivity index (χ2n) is 6.67. The van der Waals surface area contributed by atoms with Gasteiger partial charge >= 0.3 is 12.1 Å². The van der Waals surface area contributed by atoms with Crippen LogP contribution in [0.3, 0.4) is 0 Å². The van der Waals surface area contributed by atoms with Gasteiger partial charge in [0.15, 0.2) is 0 Å². The van der Waals surface area contributed by atoms with Crippen molar-refractivity contribution in [3.05, 3.63) is 84.4 Å². The molecule has 0 fully saturated rings. The third-order valence-corrected chi connectivity index (χ3v) is 4.35. The molecule has 0 atom stereocenters. The lowest BCUT2D eigenvalue weighted by atomic mass is 10.1. The van der Waals surface area contributed by atoms with Gasteiger partial charge in [0.05, 0.1) is 30.7 Å². The van der Waals surface area contributed by atoms with Crippen molar-refractivity contribution in [1.29, 1.82) is 0 Å². The molecule has 0 saturated carbocycles. The lowest BCUT2D eigenvalue weighted by Gasteiger charge is -2.16. The number of pyridine rings is 1. The van der Waals surface area contributed by atoms with E-state index in [0.29, 0.717) is 11.3 Å². The number of aromatic nitrogens is 2. The van der Waals surface area contributed by atoms with Crippen molar-refractivity contribution in [1.82, 2.24) is 9.38 Å². The first kappa shape index (κ1) is 20.3. The van der Waals surface area contributed by atoms with Gasteiger partial charge in [0.2, 0.25) is 0 Å². The smallest absolute Gasteiger partial charge is 0.420 e. The van der Waals surface area contributed by atoms with E-state index >= 15 is 0 Å². The molecular formula is C22H15F3N2O4. The van der Waals surface area contributed by atoms with Crippen molar-refractivity contribution in [3.8, 4) is 23.0 Å². The summed E-state index contributed by atoms with van der Waals surface area (Å²) in [5.41, 5.74) is 0.211. The minimum atomic E-state index is -4.69. The maximum Gasteiger partial charge on any atom is 0.420 e. The van der Waals surface area contributed by atoms with E-state index in [9.17, 15) is 18.0 Å². The van der Waals surface area contributed by atoms with Crippen molar-refractivity contribution < 1.29 is 32.5 Å². The summed E-state index contributed by atoms with van der Waals surface area (Å²) in [6.07, 6.45) is -0.158. The third-order valence-electron chi connectivity index (χ3n) is 4.35. The zero-order chi connectivity index (χ0) is 22.0. The molecule has 6 nitrogen and oxygen atoms in total.